The number of carbonyl (C=O) groups is 1. The van der Waals surface area contributed by atoms with Crippen LogP contribution in [0.15, 0.2) is 30.3 Å². The Kier molecular flexibility index (Phi) is 7.52. The van der Waals surface area contributed by atoms with Gasteiger partial charge in [-0.15, -0.1) is 0 Å². The number of methoxy groups -OCH3 is 1. The normalized spacial score (nSPS) is 20.2. The topological polar surface area (TPSA) is 67.6 Å². The number of carbonyl (C=O) groups excluding carboxylic acids is 1. The van der Waals surface area contributed by atoms with Crippen LogP contribution in [0.1, 0.15) is 31.2 Å². The fourth-order valence-electron chi connectivity index (χ4n) is 3.09. The summed E-state index contributed by atoms with van der Waals surface area (Å²) in [6.07, 6.45) is 3.74. The summed E-state index contributed by atoms with van der Waals surface area (Å²) in [6, 6.07) is 10.9. The molecule has 128 valence electrons. The molecule has 1 fully saturated rings. The molecule has 1 aromatic rings. The zero-order valence-corrected chi connectivity index (χ0v) is 14.0. The Morgan fingerprint density at radius 3 is 2.87 bits per heavy atom. The van der Waals surface area contributed by atoms with Crippen molar-refractivity contribution in [1.29, 1.82) is 0 Å². The molecule has 1 aliphatic rings. The second kappa shape index (κ2) is 9.65. The zero-order chi connectivity index (χ0) is 16.5. The molecule has 0 aliphatic carbocycles. The number of rotatable bonds is 8. The van der Waals surface area contributed by atoms with Crippen LogP contribution in [-0.2, 0) is 16.1 Å². The van der Waals surface area contributed by atoms with E-state index in [2.05, 4.69) is 34.5 Å². The van der Waals surface area contributed by atoms with E-state index in [4.69, 9.17) is 10.5 Å². The summed E-state index contributed by atoms with van der Waals surface area (Å²) < 4.78 is 5.17. The smallest absolute Gasteiger partial charge is 0.222 e. The number of nitrogens with two attached hydrogens (primary N) is 1. The number of nitrogens with one attached hydrogen (secondary N) is 1. The van der Waals surface area contributed by atoms with Gasteiger partial charge in [0.15, 0.2) is 0 Å². The highest BCUT2D eigenvalue weighted by atomic mass is 16.5. The van der Waals surface area contributed by atoms with Gasteiger partial charge in [0.2, 0.25) is 5.91 Å². The first kappa shape index (κ1) is 17.9. The minimum Gasteiger partial charge on any atom is -0.380 e. The first-order chi connectivity index (χ1) is 11.2. The molecule has 1 aromatic carbocycles. The number of nitrogens with zero attached hydrogens (tertiary/aromatic N) is 1. The molecule has 1 heterocycles. The molecule has 0 radical (unpaired) electrons. The Balaban J connectivity index is 1.82. The van der Waals surface area contributed by atoms with Crippen LogP contribution >= 0.6 is 0 Å². The van der Waals surface area contributed by atoms with Gasteiger partial charge in [-0.2, -0.15) is 0 Å². The van der Waals surface area contributed by atoms with Gasteiger partial charge in [-0.25, -0.2) is 0 Å². The lowest BCUT2D eigenvalue weighted by Crippen LogP contribution is -2.46. The first-order valence-electron chi connectivity index (χ1n) is 8.50. The molecular weight excluding hydrogens is 290 g/mol. The molecule has 0 aromatic heterocycles. The van der Waals surface area contributed by atoms with Crippen molar-refractivity contribution in [2.75, 3.05) is 26.7 Å². The van der Waals surface area contributed by atoms with Crippen LogP contribution in [0, 0.1) is 0 Å². The summed E-state index contributed by atoms with van der Waals surface area (Å²) in [7, 11) is 1.59. The molecule has 1 aliphatic heterocycles. The molecule has 1 amide bonds. The number of likely N-dealkylation sites (tertiary alicyclic amines) is 1. The first-order valence-corrected chi connectivity index (χ1v) is 8.50. The Morgan fingerprint density at radius 1 is 1.39 bits per heavy atom. The van der Waals surface area contributed by atoms with Gasteiger partial charge in [0, 0.05) is 32.8 Å². The summed E-state index contributed by atoms with van der Waals surface area (Å²) in [5, 5.41) is 3.05. The number of piperidine rings is 1. The lowest BCUT2D eigenvalue weighted by atomic mass is 10.0. The maximum Gasteiger partial charge on any atom is 0.222 e. The van der Waals surface area contributed by atoms with E-state index in [9.17, 15) is 4.79 Å². The number of benzene rings is 1. The van der Waals surface area contributed by atoms with Crippen LogP contribution in [0.2, 0.25) is 0 Å². The monoisotopic (exact) mass is 319 g/mol. The van der Waals surface area contributed by atoms with Crippen molar-refractivity contribution >= 4 is 5.91 Å². The van der Waals surface area contributed by atoms with E-state index in [1.165, 1.54) is 18.4 Å². The van der Waals surface area contributed by atoms with Crippen LogP contribution in [0.4, 0.5) is 0 Å². The third-order valence-electron chi connectivity index (χ3n) is 4.52. The predicted octanol–water partition coefficient (Wildman–Crippen LogP) is 1.52. The number of ether oxygens (including phenoxy) is 1. The summed E-state index contributed by atoms with van der Waals surface area (Å²) in [6.45, 7) is 3.12. The molecule has 2 rings (SSSR count). The number of amides is 1. The maximum atomic E-state index is 12.0. The highest BCUT2D eigenvalue weighted by Crippen LogP contribution is 2.19. The SMILES string of the molecule is COC(CN)CC(=O)NCC1CCCCN1Cc1ccccc1. The van der Waals surface area contributed by atoms with Crippen LogP contribution in [0.25, 0.3) is 0 Å². The Labute approximate surface area is 139 Å². The van der Waals surface area contributed by atoms with Gasteiger partial charge in [-0.3, -0.25) is 9.69 Å². The molecule has 2 unspecified atom stereocenters. The van der Waals surface area contributed by atoms with Crippen molar-refractivity contribution < 1.29 is 9.53 Å². The standard InChI is InChI=1S/C18H29N3O2/c1-23-17(12-19)11-18(22)20-13-16-9-5-6-10-21(16)14-15-7-3-2-4-8-15/h2-4,7-8,16-17H,5-6,9-14,19H2,1H3,(H,20,22). The second-order valence-electron chi connectivity index (χ2n) is 6.21. The third-order valence-corrected chi connectivity index (χ3v) is 4.52. The summed E-state index contributed by atoms with van der Waals surface area (Å²) in [5.74, 6) is 0.0209. The van der Waals surface area contributed by atoms with Gasteiger partial charge in [0.1, 0.15) is 0 Å². The lowest BCUT2D eigenvalue weighted by Gasteiger charge is -2.36. The fraction of sp³-hybridized carbons (Fsp3) is 0.611. The molecule has 3 N–H and O–H groups in total. The lowest BCUT2D eigenvalue weighted by molar-refractivity contribution is -0.123. The fourth-order valence-corrected chi connectivity index (χ4v) is 3.09. The van der Waals surface area contributed by atoms with Crippen molar-refractivity contribution in [3.8, 4) is 0 Å². The van der Waals surface area contributed by atoms with E-state index < -0.39 is 0 Å². The van der Waals surface area contributed by atoms with Crippen molar-refractivity contribution in [2.45, 2.75) is 44.4 Å². The molecular formula is C18H29N3O2. The minimum atomic E-state index is -0.193. The molecule has 23 heavy (non-hydrogen) atoms. The van der Waals surface area contributed by atoms with E-state index in [0.717, 1.165) is 19.5 Å². The van der Waals surface area contributed by atoms with Crippen LogP contribution in [0.3, 0.4) is 0 Å². The molecule has 0 saturated carbocycles. The molecule has 0 spiro atoms. The van der Waals surface area contributed by atoms with Gasteiger partial charge < -0.3 is 15.8 Å². The minimum absolute atomic E-state index is 0.0209. The van der Waals surface area contributed by atoms with Gasteiger partial charge in [0.25, 0.3) is 0 Å². The van der Waals surface area contributed by atoms with Crippen LogP contribution < -0.4 is 11.1 Å². The quantitative estimate of drug-likeness (QED) is 0.762. The highest BCUT2D eigenvalue weighted by Gasteiger charge is 2.23. The summed E-state index contributed by atoms with van der Waals surface area (Å²) >= 11 is 0. The molecule has 2 atom stereocenters. The van der Waals surface area contributed by atoms with E-state index in [-0.39, 0.29) is 12.0 Å². The Morgan fingerprint density at radius 2 is 2.17 bits per heavy atom. The number of hydrogen-bond donors (Lipinski definition) is 2. The van der Waals surface area contributed by atoms with Gasteiger partial charge in [0.05, 0.1) is 12.5 Å². The van der Waals surface area contributed by atoms with Gasteiger partial charge in [-0.1, -0.05) is 36.8 Å². The molecule has 1 saturated heterocycles. The van der Waals surface area contributed by atoms with Crippen molar-refractivity contribution in [1.82, 2.24) is 10.2 Å². The van der Waals surface area contributed by atoms with Crippen LogP contribution in [-0.4, -0.2) is 49.7 Å². The summed E-state index contributed by atoms with van der Waals surface area (Å²) in [5.41, 5.74) is 6.89. The van der Waals surface area contributed by atoms with Crippen LogP contribution in [0.5, 0.6) is 0 Å². The Bertz CT molecular complexity index is 463. The largest absolute Gasteiger partial charge is 0.380 e. The average molecular weight is 319 g/mol. The van der Waals surface area contributed by atoms with E-state index in [0.29, 0.717) is 25.6 Å². The maximum absolute atomic E-state index is 12.0. The van der Waals surface area contributed by atoms with Crippen molar-refractivity contribution in [2.24, 2.45) is 5.73 Å². The van der Waals surface area contributed by atoms with E-state index in [1.54, 1.807) is 7.11 Å². The van der Waals surface area contributed by atoms with Gasteiger partial charge in [-0.05, 0) is 24.9 Å². The number of hydrogen-bond acceptors (Lipinski definition) is 4. The zero-order valence-electron chi connectivity index (χ0n) is 14.0. The predicted molar refractivity (Wildman–Crippen MR) is 92.0 cm³/mol. The van der Waals surface area contributed by atoms with E-state index in [1.807, 2.05) is 6.07 Å². The van der Waals surface area contributed by atoms with Crippen molar-refractivity contribution in [3.63, 3.8) is 0 Å². The molecule has 5 heteroatoms. The summed E-state index contributed by atoms with van der Waals surface area (Å²) in [4.78, 5) is 14.5. The molecule has 5 nitrogen and oxygen atoms in total. The van der Waals surface area contributed by atoms with Crippen molar-refractivity contribution in [3.05, 3.63) is 35.9 Å². The van der Waals surface area contributed by atoms with E-state index >= 15 is 0 Å². The van der Waals surface area contributed by atoms with Gasteiger partial charge >= 0.3 is 0 Å². The second-order valence-corrected chi connectivity index (χ2v) is 6.21. The molecule has 0 bridgehead atoms. The average Bonchev–Trinajstić information content (AvgIpc) is 2.60. The Hall–Kier alpha value is -1.43. The highest BCUT2D eigenvalue weighted by molar-refractivity contribution is 5.76. The third kappa shape index (κ3) is 5.94.